The highest BCUT2D eigenvalue weighted by molar-refractivity contribution is 5.92. The molecule has 26 heavy (non-hydrogen) atoms. The Hall–Kier alpha value is -3.02. The molecule has 0 spiro atoms. The quantitative estimate of drug-likeness (QED) is 0.780. The Morgan fingerprint density at radius 1 is 1.00 bits per heavy atom. The van der Waals surface area contributed by atoms with Gasteiger partial charge in [-0.3, -0.25) is 0 Å². The number of carbonyl (C=O) groups is 2. The molecule has 0 bridgehead atoms. The van der Waals surface area contributed by atoms with Gasteiger partial charge in [0, 0.05) is 17.6 Å². The van der Waals surface area contributed by atoms with Gasteiger partial charge in [0.05, 0.1) is 19.8 Å². The molecule has 0 aliphatic heterocycles. The number of esters is 1. The van der Waals surface area contributed by atoms with Gasteiger partial charge >= 0.3 is 12.0 Å². The van der Waals surface area contributed by atoms with Gasteiger partial charge in [0.15, 0.2) is 0 Å². The number of benzene rings is 2. The Kier molecular flexibility index (Phi) is 5.11. The van der Waals surface area contributed by atoms with E-state index < -0.39 is 5.97 Å². The summed E-state index contributed by atoms with van der Waals surface area (Å²) in [6.07, 6.45) is 2.10. The van der Waals surface area contributed by atoms with E-state index in [-0.39, 0.29) is 11.4 Å². The van der Waals surface area contributed by atoms with Crippen LogP contribution < -0.4 is 15.4 Å². The van der Waals surface area contributed by atoms with E-state index in [4.69, 9.17) is 4.74 Å². The van der Waals surface area contributed by atoms with Crippen molar-refractivity contribution >= 4 is 17.7 Å². The third kappa shape index (κ3) is 3.96. The summed E-state index contributed by atoms with van der Waals surface area (Å²) in [5.41, 5.74) is 2.28. The van der Waals surface area contributed by atoms with Gasteiger partial charge in [-0.25, -0.2) is 9.59 Å². The summed E-state index contributed by atoms with van der Waals surface area (Å²) >= 11 is 0. The molecule has 2 aromatic rings. The zero-order chi connectivity index (χ0) is 18.6. The first-order valence-electron chi connectivity index (χ1n) is 8.44. The number of hydrogen-bond donors (Lipinski definition) is 2. The van der Waals surface area contributed by atoms with Crippen LogP contribution in [0.5, 0.6) is 5.75 Å². The van der Waals surface area contributed by atoms with Gasteiger partial charge in [0.25, 0.3) is 0 Å². The molecule has 0 atom stereocenters. The molecule has 0 aromatic heterocycles. The standard InChI is InChI=1S/C20H22N2O4/c1-25-17-9-5-15(6-10-17)20(11-12-20)13-21-19(24)22-16-7-3-14(4-8-16)18(23)26-2/h3-10H,11-13H2,1-2H3,(H2,21,22,24). The summed E-state index contributed by atoms with van der Waals surface area (Å²) in [6, 6.07) is 14.3. The normalized spacial score (nSPS) is 14.2. The van der Waals surface area contributed by atoms with Crippen LogP contribution in [0.3, 0.4) is 0 Å². The van der Waals surface area contributed by atoms with E-state index in [0.717, 1.165) is 18.6 Å². The average molecular weight is 354 g/mol. The number of carbonyl (C=O) groups excluding carboxylic acids is 2. The summed E-state index contributed by atoms with van der Waals surface area (Å²) in [4.78, 5) is 23.6. The molecule has 0 unspecified atom stereocenters. The van der Waals surface area contributed by atoms with Crippen molar-refractivity contribution < 1.29 is 19.1 Å². The number of methoxy groups -OCH3 is 2. The lowest BCUT2D eigenvalue weighted by atomic mass is 9.96. The zero-order valence-corrected chi connectivity index (χ0v) is 14.9. The van der Waals surface area contributed by atoms with E-state index in [1.165, 1.54) is 12.7 Å². The monoisotopic (exact) mass is 354 g/mol. The topological polar surface area (TPSA) is 76.7 Å². The van der Waals surface area contributed by atoms with Crippen LogP contribution in [0.25, 0.3) is 0 Å². The van der Waals surface area contributed by atoms with Gasteiger partial charge in [0.1, 0.15) is 5.75 Å². The smallest absolute Gasteiger partial charge is 0.337 e. The minimum atomic E-state index is -0.406. The Morgan fingerprint density at radius 3 is 2.19 bits per heavy atom. The minimum absolute atomic E-state index is 0.0123. The van der Waals surface area contributed by atoms with E-state index in [1.54, 1.807) is 31.4 Å². The maximum Gasteiger partial charge on any atom is 0.337 e. The molecule has 0 radical (unpaired) electrons. The highest BCUT2D eigenvalue weighted by Gasteiger charge is 2.44. The molecular formula is C20H22N2O4. The number of amides is 2. The molecular weight excluding hydrogens is 332 g/mol. The lowest BCUT2D eigenvalue weighted by Crippen LogP contribution is -2.35. The number of rotatable bonds is 6. The number of anilines is 1. The third-order valence-corrected chi connectivity index (χ3v) is 4.71. The molecule has 0 heterocycles. The van der Waals surface area contributed by atoms with E-state index in [1.807, 2.05) is 12.1 Å². The highest BCUT2D eigenvalue weighted by Crippen LogP contribution is 2.47. The lowest BCUT2D eigenvalue weighted by Gasteiger charge is -2.17. The van der Waals surface area contributed by atoms with Gasteiger partial charge in [-0.15, -0.1) is 0 Å². The van der Waals surface area contributed by atoms with Crippen molar-refractivity contribution in [3.63, 3.8) is 0 Å². The van der Waals surface area contributed by atoms with Crippen molar-refractivity contribution in [2.24, 2.45) is 0 Å². The number of urea groups is 1. The van der Waals surface area contributed by atoms with Crippen molar-refractivity contribution in [2.45, 2.75) is 18.3 Å². The van der Waals surface area contributed by atoms with Crippen LogP contribution in [0.4, 0.5) is 10.5 Å². The molecule has 2 aromatic carbocycles. The van der Waals surface area contributed by atoms with Crippen LogP contribution in [0.15, 0.2) is 48.5 Å². The number of ether oxygens (including phenoxy) is 2. The molecule has 6 nitrogen and oxygen atoms in total. The fraction of sp³-hybridized carbons (Fsp3) is 0.300. The van der Waals surface area contributed by atoms with Gasteiger partial charge in [-0.05, 0) is 54.8 Å². The third-order valence-electron chi connectivity index (χ3n) is 4.71. The van der Waals surface area contributed by atoms with Crippen LogP contribution in [0, 0.1) is 0 Å². The van der Waals surface area contributed by atoms with E-state index in [0.29, 0.717) is 17.8 Å². The van der Waals surface area contributed by atoms with Gasteiger partial charge < -0.3 is 20.1 Å². The molecule has 0 saturated heterocycles. The molecule has 136 valence electrons. The molecule has 1 aliphatic carbocycles. The maximum atomic E-state index is 12.2. The van der Waals surface area contributed by atoms with Gasteiger partial charge in [0.2, 0.25) is 0 Å². The van der Waals surface area contributed by atoms with E-state index in [2.05, 4.69) is 27.5 Å². The molecule has 1 saturated carbocycles. The van der Waals surface area contributed by atoms with E-state index >= 15 is 0 Å². The van der Waals surface area contributed by atoms with Crippen LogP contribution in [-0.4, -0.2) is 32.8 Å². The first-order chi connectivity index (χ1) is 12.6. The first kappa shape index (κ1) is 17.8. The number of nitrogens with one attached hydrogen (secondary N) is 2. The van der Waals surface area contributed by atoms with Crippen LogP contribution in [-0.2, 0) is 10.2 Å². The van der Waals surface area contributed by atoms with Crippen LogP contribution in [0.1, 0.15) is 28.8 Å². The van der Waals surface area contributed by atoms with E-state index in [9.17, 15) is 9.59 Å². The largest absolute Gasteiger partial charge is 0.497 e. The summed E-state index contributed by atoms with van der Waals surface area (Å²) in [5, 5.41) is 5.71. The molecule has 1 fully saturated rings. The Morgan fingerprint density at radius 2 is 1.65 bits per heavy atom. The van der Waals surface area contributed by atoms with Crippen molar-refractivity contribution in [3.8, 4) is 5.75 Å². The lowest BCUT2D eigenvalue weighted by molar-refractivity contribution is 0.0600. The Labute approximate surface area is 152 Å². The van der Waals surface area contributed by atoms with Crippen molar-refractivity contribution in [1.29, 1.82) is 0 Å². The van der Waals surface area contributed by atoms with Crippen LogP contribution >= 0.6 is 0 Å². The summed E-state index contributed by atoms with van der Waals surface area (Å²) in [5.74, 6) is 0.418. The Bertz CT molecular complexity index is 780. The summed E-state index contributed by atoms with van der Waals surface area (Å²) in [6.45, 7) is 0.575. The van der Waals surface area contributed by atoms with Crippen LogP contribution in [0.2, 0.25) is 0 Å². The second-order valence-corrected chi connectivity index (χ2v) is 6.39. The fourth-order valence-electron chi connectivity index (χ4n) is 2.90. The summed E-state index contributed by atoms with van der Waals surface area (Å²) in [7, 11) is 2.98. The van der Waals surface area contributed by atoms with Crippen molar-refractivity contribution in [2.75, 3.05) is 26.1 Å². The molecule has 1 aliphatic rings. The fourth-order valence-corrected chi connectivity index (χ4v) is 2.90. The average Bonchev–Trinajstić information content (AvgIpc) is 3.48. The van der Waals surface area contributed by atoms with Gasteiger partial charge in [-0.1, -0.05) is 12.1 Å². The number of hydrogen-bond acceptors (Lipinski definition) is 4. The van der Waals surface area contributed by atoms with Gasteiger partial charge in [-0.2, -0.15) is 0 Å². The molecule has 3 rings (SSSR count). The summed E-state index contributed by atoms with van der Waals surface area (Å²) < 4.78 is 9.84. The predicted octanol–water partition coefficient (Wildman–Crippen LogP) is 3.34. The zero-order valence-electron chi connectivity index (χ0n) is 14.9. The molecule has 2 amide bonds. The maximum absolute atomic E-state index is 12.2. The first-order valence-corrected chi connectivity index (χ1v) is 8.44. The second kappa shape index (κ2) is 7.47. The van der Waals surface area contributed by atoms with Crippen molar-refractivity contribution in [3.05, 3.63) is 59.7 Å². The predicted molar refractivity (Wildman–Crippen MR) is 98.7 cm³/mol. The highest BCUT2D eigenvalue weighted by atomic mass is 16.5. The molecule has 6 heteroatoms. The minimum Gasteiger partial charge on any atom is -0.497 e. The SMILES string of the molecule is COC(=O)c1ccc(NC(=O)NCC2(c3ccc(OC)cc3)CC2)cc1. The molecule has 2 N–H and O–H groups in total. The second-order valence-electron chi connectivity index (χ2n) is 6.39. The Balaban J connectivity index is 1.54. The van der Waals surface area contributed by atoms with Crippen molar-refractivity contribution in [1.82, 2.24) is 5.32 Å².